The number of nitrogens with zero attached hydrogens (tertiary/aromatic N) is 2. The van der Waals surface area contributed by atoms with Crippen LogP contribution in [0.3, 0.4) is 0 Å². The number of halogens is 5. The van der Waals surface area contributed by atoms with Crippen LogP contribution in [0.15, 0.2) is 42.5 Å². The number of para-hydroxylation sites is 1. The number of anilines is 2. The molecular weight excluding hydrogens is 369 g/mol. The summed E-state index contributed by atoms with van der Waals surface area (Å²) in [4.78, 5) is 15.5. The van der Waals surface area contributed by atoms with E-state index >= 15 is 0 Å². The highest BCUT2D eigenvalue weighted by molar-refractivity contribution is 5.90. The molecule has 0 saturated carbocycles. The smallest absolute Gasteiger partial charge is 0.368 e. The van der Waals surface area contributed by atoms with Crippen LogP contribution in [0.2, 0.25) is 0 Å². The van der Waals surface area contributed by atoms with Crippen molar-refractivity contribution in [1.29, 1.82) is 0 Å². The highest BCUT2D eigenvalue weighted by Gasteiger charge is 2.34. The first kappa shape index (κ1) is 18.9. The topological polar surface area (TPSA) is 35.6 Å². The number of piperazine rings is 1. The van der Waals surface area contributed by atoms with Crippen molar-refractivity contribution in [3.8, 4) is 0 Å². The molecule has 0 spiro atoms. The zero-order valence-electron chi connectivity index (χ0n) is 14.1. The largest absolute Gasteiger partial charge is 0.418 e. The van der Waals surface area contributed by atoms with Gasteiger partial charge in [0, 0.05) is 37.9 Å². The van der Waals surface area contributed by atoms with Crippen LogP contribution in [0.1, 0.15) is 5.56 Å². The number of amides is 2. The van der Waals surface area contributed by atoms with Crippen molar-refractivity contribution < 1.29 is 26.7 Å². The Kier molecular flexibility index (Phi) is 5.20. The van der Waals surface area contributed by atoms with Gasteiger partial charge in [0.2, 0.25) is 0 Å². The van der Waals surface area contributed by atoms with E-state index in [0.29, 0.717) is 18.8 Å². The van der Waals surface area contributed by atoms with Crippen LogP contribution >= 0.6 is 0 Å². The van der Waals surface area contributed by atoms with Crippen LogP contribution in [0.5, 0.6) is 0 Å². The Balaban J connectivity index is 1.63. The lowest BCUT2D eigenvalue weighted by molar-refractivity contribution is -0.136. The molecule has 2 aromatic carbocycles. The van der Waals surface area contributed by atoms with Crippen molar-refractivity contribution in [3.63, 3.8) is 0 Å². The van der Waals surface area contributed by atoms with E-state index in [1.54, 1.807) is 4.90 Å². The van der Waals surface area contributed by atoms with Crippen molar-refractivity contribution in [1.82, 2.24) is 4.90 Å². The number of nitrogens with one attached hydrogen (secondary N) is 1. The highest BCUT2D eigenvalue weighted by Crippen LogP contribution is 2.34. The van der Waals surface area contributed by atoms with Gasteiger partial charge in [0.05, 0.1) is 11.3 Å². The zero-order valence-corrected chi connectivity index (χ0v) is 14.1. The molecule has 0 aromatic heterocycles. The molecule has 0 atom stereocenters. The van der Waals surface area contributed by atoms with Crippen molar-refractivity contribution in [2.24, 2.45) is 0 Å². The molecule has 0 radical (unpaired) electrons. The standard InChI is InChI=1S/C18H16F5N3O/c19-14-6-5-12(11-15(14)20)25-7-9-26(10-8-25)17(27)24-16-4-2-1-3-13(16)18(21,22)23/h1-6,11H,7-10H2,(H,24,27). The maximum absolute atomic E-state index is 13.3. The number of hydrogen-bond acceptors (Lipinski definition) is 2. The first-order valence-corrected chi connectivity index (χ1v) is 8.18. The maximum Gasteiger partial charge on any atom is 0.418 e. The van der Waals surface area contributed by atoms with E-state index in [0.717, 1.165) is 18.2 Å². The van der Waals surface area contributed by atoms with E-state index in [4.69, 9.17) is 0 Å². The van der Waals surface area contributed by atoms with Gasteiger partial charge in [-0.2, -0.15) is 13.2 Å². The molecule has 4 nitrogen and oxygen atoms in total. The first-order chi connectivity index (χ1) is 12.8. The molecule has 1 N–H and O–H groups in total. The predicted molar refractivity (Wildman–Crippen MR) is 90.6 cm³/mol. The molecule has 1 saturated heterocycles. The Labute approximate surface area is 152 Å². The summed E-state index contributed by atoms with van der Waals surface area (Å²) in [5.41, 5.74) is -0.742. The minimum absolute atomic E-state index is 0.235. The van der Waals surface area contributed by atoms with E-state index in [1.807, 2.05) is 0 Å². The second-order valence-electron chi connectivity index (χ2n) is 6.05. The lowest BCUT2D eigenvalue weighted by atomic mass is 10.1. The van der Waals surface area contributed by atoms with Gasteiger partial charge in [-0.3, -0.25) is 0 Å². The van der Waals surface area contributed by atoms with Crippen LogP contribution in [0, 0.1) is 11.6 Å². The maximum atomic E-state index is 13.3. The van der Waals surface area contributed by atoms with Gasteiger partial charge in [-0.05, 0) is 24.3 Å². The fourth-order valence-corrected chi connectivity index (χ4v) is 2.88. The summed E-state index contributed by atoms with van der Waals surface area (Å²) in [5, 5.41) is 2.30. The molecule has 27 heavy (non-hydrogen) atoms. The predicted octanol–water partition coefficient (Wildman–Crippen LogP) is 4.34. The van der Waals surface area contributed by atoms with E-state index in [-0.39, 0.29) is 18.8 Å². The first-order valence-electron chi connectivity index (χ1n) is 8.18. The van der Waals surface area contributed by atoms with Gasteiger partial charge in [0.15, 0.2) is 11.6 Å². The summed E-state index contributed by atoms with van der Waals surface area (Å²) in [7, 11) is 0. The number of hydrogen-bond donors (Lipinski definition) is 1. The molecule has 0 unspecified atom stereocenters. The molecule has 1 aliphatic rings. The van der Waals surface area contributed by atoms with E-state index in [9.17, 15) is 26.7 Å². The summed E-state index contributed by atoms with van der Waals surface area (Å²) >= 11 is 0. The van der Waals surface area contributed by atoms with Crippen LogP contribution in [0.4, 0.5) is 38.1 Å². The highest BCUT2D eigenvalue weighted by atomic mass is 19.4. The normalized spacial score (nSPS) is 15.0. The van der Waals surface area contributed by atoms with Gasteiger partial charge in [0.1, 0.15) is 0 Å². The number of alkyl halides is 3. The van der Waals surface area contributed by atoms with Crippen LogP contribution in [-0.2, 0) is 6.18 Å². The molecular formula is C18H16F5N3O. The molecule has 3 rings (SSSR count). The quantitative estimate of drug-likeness (QED) is 0.781. The van der Waals surface area contributed by atoms with Crippen LogP contribution in [-0.4, -0.2) is 37.1 Å². The van der Waals surface area contributed by atoms with Gasteiger partial charge in [-0.1, -0.05) is 12.1 Å². The zero-order chi connectivity index (χ0) is 19.6. The number of urea groups is 1. The Morgan fingerprint density at radius 2 is 1.59 bits per heavy atom. The van der Waals surface area contributed by atoms with Crippen LogP contribution < -0.4 is 10.2 Å². The Bertz CT molecular complexity index is 832. The summed E-state index contributed by atoms with van der Waals surface area (Å²) < 4.78 is 65.4. The van der Waals surface area contributed by atoms with Crippen LogP contribution in [0.25, 0.3) is 0 Å². The average Bonchev–Trinajstić information content (AvgIpc) is 2.64. The molecule has 2 amide bonds. The lowest BCUT2D eigenvalue weighted by Gasteiger charge is -2.36. The number of benzene rings is 2. The third-order valence-corrected chi connectivity index (χ3v) is 4.31. The number of carbonyl (C=O) groups excluding carboxylic acids is 1. The van der Waals surface area contributed by atoms with Crippen molar-refractivity contribution in [2.75, 3.05) is 36.4 Å². The molecule has 1 fully saturated rings. The summed E-state index contributed by atoms with van der Waals surface area (Å²) in [6.45, 7) is 1.16. The minimum atomic E-state index is -4.57. The molecule has 1 aliphatic heterocycles. The number of carbonyl (C=O) groups is 1. The molecule has 9 heteroatoms. The van der Waals surface area contributed by atoms with E-state index < -0.39 is 29.4 Å². The van der Waals surface area contributed by atoms with Gasteiger partial charge in [-0.25, -0.2) is 13.6 Å². The third kappa shape index (κ3) is 4.29. The minimum Gasteiger partial charge on any atom is -0.368 e. The second kappa shape index (κ2) is 7.42. The summed E-state index contributed by atoms with van der Waals surface area (Å²) in [6.07, 6.45) is -4.57. The van der Waals surface area contributed by atoms with Gasteiger partial charge in [-0.15, -0.1) is 0 Å². The summed E-state index contributed by atoms with van der Waals surface area (Å²) in [5.74, 6) is -1.91. The van der Waals surface area contributed by atoms with Crippen molar-refractivity contribution in [3.05, 3.63) is 59.7 Å². The SMILES string of the molecule is O=C(Nc1ccccc1C(F)(F)F)N1CCN(c2ccc(F)c(F)c2)CC1. The average molecular weight is 385 g/mol. The Hall–Kier alpha value is -2.84. The third-order valence-electron chi connectivity index (χ3n) is 4.31. The van der Waals surface area contributed by atoms with E-state index in [2.05, 4.69) is 5.32 Å². The summed E-state index contributed by atoms with van der Waals surface area (Å²) in [6, 6.07) is 7.65. The molecule has 0 aliphatic carbocycles. The van der Waals surface area contributed by atoms with Crippen molar-refractivity contribution >= 4 is 17.4 Å². The molecule has 2 aromatic rings. The van der Waals surface area contributed by atoms with Gasteiger partial charge >= 0.3 is 12.2 Å². The van der Waals surface area contributed by atoms with Gasteiger partial charge in [0.25, 0.3) is 0 Å². The van der Waals surface area contributed by atoms with Crippen molar-refractivity contribution in [2.45, 2.75) is 6.18 Å². The van der Waals surface area contributed by atoms with E-state index in [1.165, 1.54) is 29.2 Å². The Morgan fingerprint density at radius 1 is 0.926 bits per heavy atom. The van der Waals surface area contributed by atoms with Gasteiger partial charge < -0.3 is 15.1 Å². The number of rotatable bonds is 2. The molecule has 144 valence electrons. The fraction of sp³-hybridized carbons (Fsp3) is 0.278. The Morgan fingerprint density at radius 3 is 2.22 bits per heavy atom. The molecule has 0 bridgehead atoms. The fourth-order valence-electron chi connectivity index (χ4n) is 2.88. The second-order valence-corrected chi connectivity index (χ2v) is 6.05. The lowest BCUT2D eigenvalue weighted by Crippen LogP contribution is -2.50. The monoisotopic (exact) mass is 385 g/mol. The molecule has 1 heterocycles.